The lowest BCUT2D eigenvalue weighted by Gasteiger charge is -2.13. The summed E-state index contributed by atoms with van der Waals surface area (Å²) >= 11 is 0. The van der Waals surface area contributed by atoms with E-state index in [1.54, 1.807) is 6.07 Å². The van der Waals surface area contributed by atoms with Gasteiger partial charge in [-0.05, 0) is 18.7 Å². The van der Waals surface area contributed by atoms with Gasteiger partial charge in [-0.1, -0.05) is 6.92 Å². The van der Waals surface area contributed by atoms with Gasteiger partial charge in [0.15, 0.2) is 0 Å². The molecular weight excluding hydrogens is 179 g/mol. The van der Waals surface area contributed by atoms with Gasteiger partial charge < -0.3 is 5.32 Å². The summed E-state index contributed by atoms with van der Waals surface area (Å²) in [5.74, 6) is 2.24. The SMILES string of the molecule is C#CCC(NCC)c1ccc(F)cn1. The van der Waals surface area contributed by atoms with Gasteiger partial charge in [0.05, 0.1) is 17.9 Å². The molecule has 2 nitrogen and oxygen atoms in total. The van der Waals surface area contributed by atoms with Gasteiger partial charge in [0.1, 0.15) is 5.82 Å². The second-order valence-electron chi connectivity index (χ2n) is 2.92. The van der Waals surface area contributed by atoms with E-state index in [9.17, 15) is 4.39 Å². The van der Waals surface area contributed by atoms with Crippen molar-refractivity contribution in [2.45, 2.75) is 19.4 Å². The summed E-state index contributed by atoms with van der Waals surface area (Å²) in [4.78, 5) is 3.98. The van der Waals surface area contributed by atoms with E-state index in [0.29, 0.717) is 6.42 Å². The number of aromatic nitrogens is 1. The van der Waals surface area contributed by atoms with E-state index in [1.165, 1.54) is 12.3 Å². The summed E-state index contributed by atoms with van der Waals surface area (Å²) in [5.41, 5.74) is 0.784. The van der Waals surface area contributed by atoms with Crippen molar-refractivity contribution in [3.05, 3.63) is 29.8 Å². The van der Waals surface area contributed by atoms with Gasteiger partial charge >= 0.3 is 0 Å². The standard InChI is InChI=1S/C11H13FN2/c1-3-5-10(13-4-2)11-7-6-9(12)8-14-11/h1,6-8,10,13H,4-5H2,2H3. The molecule has 0 fully saturated rings. The quantitative estimate of drug-likeness (QED) is 0.737. The van der Waals surface area contributed by atoms with Crippen LogP contribution in [0.2, 0.25) is 0 Å². The second kappa shape index (κ2) is 5.36. The maximum Gasteiger partial charge on any atom is 0.141 e. The number of pyridine rings is 1. The molecule has 1 atom stereocenters. The van der Waals surface area contributed by atoms with Crippen molar-refractivity contribution in [2.75, 3.05) is 6.54 Å². The Hall–Kier alpha value is -1.40. The third-order valence-corrected chi connectivity index (χ3v) is 1.88. The summed E-state index contributed by atoms with van der Waals surface area (Å²) in [6, 6.07) is 3.06. The number of nitrogens with one attached hydrogen (secondary N) is 1. The molecule has 0 saturated heterocycles. The predicted octanol–water partition coefficient (Wildman–Crippen LogP) is 1.89. The molecule has 0 aliphatic heterocycles. The van der Waals surface area contributed by atoms with Crippen LogP contribution in [0.15, 0.2) is 18.3 Å². The van der Waals surface area contributed by atoms with Gasteiger partial charge in [-0.3, -0.25) is 4.98 Å². The van der Waals surface area contributed by atoms with Crippen LogP contribution in [-0.2, 0) is 0 Å². The first-order chi connectivity index (χ1) is 6.77. The van der Waals surface area contributed by atoms with E-state index in [-0.39, 0.29) is 11.9 Å². The molecule has 1 rings (SSSR count). The number of halogens is 1. The number of terminal acetylenes is 1. The largest absolute Gasteiger partial charge is 0.308 e. The van der Waals surface area contributed by atoms with Gasteiger partial charge in [-0.2, -0.15) is 0 Å². The monoisotopic (exact) mass is 192 g/mol. The Bertz CT molecular complexity index is 313. The van der Waals surface area contributed by atoms with E-state index in [1.807, 2.05) is 6.92 Å². The number of hydrogen-bond acceptors (Lipinski definition) is 2. The Balaban J connectivity index is 2.77. The molecule has 1 aromatic heterocycles. The summed E-state index contributed by atoms with van der Waals surface area (Å²) in [7, 11) is 0. The lowest BCUT2D eigenvalue weighted by atomic mass is 10.1. The molecule has 74 valence electrons. The van der Waals surface area contributed by atoms with E-state index in [2.05, 4.69) is 16.2 Å². The van der Waals surface area contributed by atoms with Crippen LogP contribution in [0.1, 0.15) is 25.1 Å². The minimum Gasteiger partial charge on any atom is -0.308 e. The number of nitrogens with zero attached hydrogens (tertiary/aromatic N) is 1. The van der Waals surface area contributed by atoms with Crippen LogP contribution in [0.5, 0.6) is 0 Å². The van der Waals surface area contributed by atoms with Crippen molar-refractivity contribution in [1.82, 2.24) is 10.3 Å². The summed E-state index contributed by atoms with van der Waals surface area (Å²) in [6.07, 6.45) is 7.00. The smallest absolute Gasteiger partial charge is 0.141 e. The summed E-state index contributed by atoms with van der Waals surface area (Å²) < 4.78 is 12.6. The average molecular weight is 192 g/mol. The van der Waals surface area contributed by atoms with Crippen molar-refractivity contribution in [2.24, 2.45) is 0 Å². The van der Waals surface area contributed by atoms with Gasteiger partial charge in [-0.25, -0.2) is 4.39 Å². The fourth-order valence-electron chi connectivity index (χ4n) is 1.24. The van der Waals surface area contributed by atoms with Crippen LogP contribution in [0.25, 0.3) is 0 Å². The average Bonchev–Trinajstić information content (AvgIpc) is 2.19. The first-order valence-corrected chi connectivity index (χ1v) is 4.56. The molecule has 0 radical (unpaired) electrons. The zero-order valence-electron chi connectivity index (χ0n) is 8.13. The Labute approximate surface area is 83.6 Å². The van der Waals surface area contributed by atoms with E-state index in [4.69, 9.17) is 6.42 Å². The van der Waals surface area contributed by atoms with Crippen molar-refractivity contribution >= 4 is 0 Å². The summed E-state index contributed by atoms with van der Waals surface area (Å²) in [5, 5.41) is 3.19. The fraction of sp³-hybridized carbons (Fsp3) is 0.364. The molecule has 0 bridgehead atoms. The van der Waals surface area contributed by atoms with E-state index >= 15 is 0 Å². The van der Waals surface area contributed by atoms with Crippen LogP contribution < -0.4 is 5.32 Å². The first kappa shape index (κ1) is 10.7. The topological polar surface area (TPSA) is 24.9 Å². The highest BCUT2D eigenvalue weighted by molar-refractivity contribution is 5.12. The normalized spacial score (nSPS) is 12.1. The molecule has 1 aromatic rings. The van der Waals surface area contributed by atoms with Crippen LogP contribution in [-0.4, -0.2) is 11.5 Å². The first-order valence-electron chi connectivity index (χ1n) is 4.56. The van der Waals surface area contributed by atoms with Gasteiger partial charge in [-0.15, -0.1) is 12.3 Å². The van der Waals surface area contributed by atoms with Crippen molar-refractivity contribution < 1.29 is 4.39 Å². The van der Waals surface area contributed by atoms with E-state index in [0.717, 1.165) is 12.2 Å². The van der Waals surface area contributed by atoms with Crippen molar-refractivity contribution in [3.63, 3.8) is 0 Å². The molecule has 0 aromatic carbocycles. The molecule has 0 spiro atoms. The molecule has 1 unspecified atom stereocenters. The number of rotatable bonds is 4. The van der Waals surface area contributed by atoms with Crippen molar-refractivity contribution in [3.8, 4) is 12.3 Å². The second-order valence-corrected chi connectivity index (χ2v) is 2.92. The zero-order valence-corrected chi connectivity index (χ0v) is 8.13. The molecule has 3 heteroatoms. The minimum absolute atomic E-state index is 0.0191. The molecule has 1 heterocycles. The van der Waals surface area contributed by atoms with Crippen LogP contribution in [0, 0.1) is 18.2 Å². The predicted molar refractivity (Wildman–Crippen MR) is 54.1 cm³/mol. The van der Waals surface area contributed by atoms with Crippen LogP contribution in [0.3, 0.4) is 0 Å². The zero-order chi connectivity index (χ0) is 10.4. The fourth-order valence-corrected chi connectivity index (χ4v) is 1.24. The number of hydrogen-bond donors (Lipinski definition) is 1. The Morgan fingerprint density at radius 2 is 2.43 bits per heavy atom. The Morgan fingerprint density at radius 1 is 1.64 bits per heavy atom. The minimum atomic E-state index is -0.329. The lowest BCUT2D eigenvalue weighted by molar-refractivity contribution is 0.545. The van der Waals surface area contributed by atoms with Crippen molar-refractivity contribution in [1.29, 1.82) is 0 Å². The molecule has 0 aliphatic rings. The molecule has 1 N–H and O–H groups in total. The summed E-state index contributed by atoms with van der Waals surface area (Å²) in [6.45, 7) is 2.80. The van der Waals surface area contributed by atoms with Gasteiger partial charge in [0.25, 0.3) is 0 Å². The highest BCUT2D eigenvalue weighted by atomic mass is 19.1. The molecular formula is C11H13FN2. The highest BCUT2D eigenvalue weighted by Crippen LogP contribution is 2.13. The molecule has 0 aliphatic carbocycles. The molecule has 14 heavy (non-hydrogen) atoms. The van der Waals surface area contributed by atoms with E-state index < -0.39 is 0 Å². The van der Waals surface area contributed by atoms with Crippen LogP contribution >= 0.6 is 0 Å². The lowest BCUT2D eigenvalue weighted by Crippen LogP contribution is -2.21. The van der Waals surface area contributed by atoms with Gasteiger partial charge in [0, 0.05) is 6.42 Å². The third-order valence-electron chi connectivity index (χ3n) is 1.88. The van der Waals surface area contributed by atoms with Gasteiger partial charge in [0.2, 0.25) is 0 Å². The molecule has 0 amide bonds. The molecule has 0 saturated carbocycles. The Morgan fingerprint density at radius 3 is 2.93 bits per heavy atom. The Kier molecular flexibility index (Phi) is 4.09. The maximum absolute atomic E-state index is 12.6. The third kappa shape index (κ3) is 2.82. The highest BCUT2D eigenvalue weighted by Gasteiger charge is 2.09. The maximum atomic E-state index is 12.6. The van der Waals surface area contributed by atoms with Crippen LogP contribution in [0.4, 0.5) is 4.39 Å².